The Balaban J connectivity index is 2.13. The zero-order valence-electron chi connectivity index (χ0n) is 14.1. The molecule has 1 aliphatic rings. The van der Waals surface area contributed by atoms with Crippen molar-refractivity contribution in [3.63, 3.8) is 0 Å². The number of aromatic hydroxyl groups is 1. The van der Waals surface area contributed by atoms with E-state index in [0.717, 1.165) is 0 Å². The van der Waals surface area contributed by atoms with E-state index in [1.165, 1.54) is 24.9 Å². The Morgan fingerprint density at radius 2 is 2.04 bits per heavy atom. The average Bonchev–Trinajstić information content (AvgIpc) is 3.02. The second-order valence-corrected chi connectivity index (χ2v) is 6.42. The van der Waals surface area contributed by atoms with Gasteiger partial charge in [-0.2, -0.15) is 0 Å². The number of nitrogens with one attached hydrogen (secondary N) is 1. The van der Waals surface area contributed by atoms with Crippen LogP contribution in [0.25, 0.3) is 11.8 Å². The Labute approximate surface area is 159 Å². The second kappa shape index (κ2) is 7.73. The first-order valence-corrected chi connectivity index (χ1v) is 8.49. The minimum Gasteiger partial charge on any atom is -0.494 e. The zero-order valence-corrected chi connectivity index (χ0v) is 15.6. The fraction of sp³-hybridized carbons (Fsp3) is 0.294. The lowest BCUT2D eigenvalue weighted by Crippen LogP contribution is -2.17. The minimum absolute atomic E-state index is 0.0472. The molecule has 1 aromatic heterocycles. The van der Waals surface area contributed by atoms with Crippen molar-refractivity contribution in [3.05, 3.63) is 55.5 Å². The highest BCUT2D eigenvalue weighted by molar-refractivity contribution is 7.71. The van der Waals surface area contributed by atoms with Crippen LogP contribution in [0.1, 0.15) is 12.0 Å². The highest BCUT2D eigenvalue weighted by atomic mass is 35.5. The number of methoxy groups -OCH3 is 2. The Morgan fingerprint density at radius 1 is 1.35 bits per heavy atom. The van der Waals surface area contributed by atoms with E-state index in [-0.39, 0.29) is 16.2 Å². The molecular formula is C17H17ClN2O5S. The fourth-order valence-electron chi connectivity index (χ4n) is 2.72. The van der Waals surface area contributed by atoms with Gasteiger partial charge >= 0.3 is 0 Å². The molecular weight excluding hydrogens is 380 g/mol. The molecule has 0 radical (unpaired) electrons. The normalized spacial score (nSPS) is 21.4. The number of aromatic amines is 1. The van der Waals surface area contributed by atoms with Crippen molar-refractivity contribution in [2.75, 3.05) is 14.2 Å². The number of nitrogens with zero attached hydrogens (tertiary/aromatic N) is 1. The number of H-pyrrole nitrogens is 1. The van der Waals surface area contributed by atoms with E-state index in [1.54, 1.807) is 24.3 Å². The summed E-state index contributed by atoms with van der Waals surface area (Å²) < 4.78 is 17.4. The number of hydrogen-bond donors (Lipinski definition) is 2. The van der Waals surface area contributed by atoms with Gasteiger partial charge in [-0.1, -0.05) is 11.6 Å². The minimum atomic E-state index is -0.661. The first kappa shape index (κ1) is 18.8. The smallest absolute Gasteiger partial charge is 0.262 e. The van der Waals surface area contributed by atoms with Crippen LogP contribution in [0, 0.1) is 4.77 Å². The summed E-state index contributed by atoms with van der Waals surface area (Å²) in [5.41, 5.74) is 0.764. The van der Waals surface area contributed by atoms with E-state index in [0.29, 0.717) is 22.7 Å². The number of aromatic nitrogens is 2. The summed E-state index contributed by atoms with van der Waals surface area (Å²) >= 11 is 11.1. The molecule has 1 aliphatic heterocycles. The van der Waals surface area contributed by atoms with Gasteiger partial charge in [0.15, 0.2) is 17.4 Å². The lowest BCUT2D eigenvalue weighted by molar-refractivity contribution is -0.179. The molecule has 0 aliphatic carbocycles. The molecule has 2 unspecified atom stereocenters. The molecule has 138 valence electrons. The Morgan fingerprint density at radius 3 is 2.65 bits per heavy atom. The second-order valence-electron chi connectivity index (χ2n) is 5.60. The van der Waals surface area contributed by atoms with E-state index in [2.05, 4.69) is 4.98 Å². The SMILES string of the molecule is COC1CC(=Cc2c(O)n(-c3ccc(Cl)cc3)c(=S)[nH]c2=O)C(OC)O1. The van der Waals surface area contributed by atoms with Gasteiger partial charge in [-0.05, 0) is 48.1 Å². The standard InChI is InChI=1S/C17H17ClN2O5S/c1-23-13-8-9(16(24-2)25-13)7-12-14(21)19-17(26)20(15(12)22)11-5-3-10(18)4-6-11/h3-7,13,16,22H,8H2,1-2H3,(H,19,21,26). The van der Waals surface area contributed by atoms with Crippen LogP contribution < -0.4 is 5.56 Å². The van der Waals surface area contributed by atoms with Crippen LogP contribution in [0.3, 0.4) is 0 Å². The van der Waals surface area contributed by atoms with Gasteiger partial charge in [0, 0.05) is 25.7 Å². The van der Waals surface area contributed by atoms with Crippen LogP contribution in [0.2, 0.25) is 5.02 Å². The van der Waals surface area contributed by atoms with Crippen molar-refractivity contribution in [3.8, 4) is 11.6 Å². The third-order valence-corrected chi connectivity index (χ3v) is 4.53. The van der Waals surface area contributed by atoms with E-state index in [4.69, 9.17) is 38.0 Å². The summed E-state index contributed by atoms with van der Waals surface area (Å²) in [6.07, 6.45) is 0.799. The van der Waals surface area contributed by atoms with Gasteiger partial charge < -0.3 is 19.3 Å². The van der Waals surface area contributed by atoms with Gasteiger partial charge in [0.25, 0.3) is 5.56 Å². The number of rotatable bonds is 4. The molecule has 0 spiro atoms. The Hall–Kier alpha value is -1.97. The fourth-order valence-corrected chi connectivity index (χ4v) is 3.13. The lowest BCUT2D eigenvalue weighted by Gasteiger charge is -2.13. The maximum atomic E-state index is 12.4. The largest absolute Gasteiger partial charge is 0.494 e. The third-order valence-electron chi connectivity index (χ3n) is 3.99. The molecule has 2 atom stereocenters. The molecule has 2 heterocycles. The predicted octanol–water partition coefficient (Wildman–Crippen LogP) is 3.00. The summed E-state index contributed by atoms with van der Waals surface area (Å²) in [6, 6.07) is 6.70. The first-order chi connectivity index (χ1) is 12.4. The van der Waals surface area contributed by atoms with Crippen molar-refractivity contribution < 1.29 is 19.3 Å². The van der Waals surface area contributed by atoms with Gasteiger partial charge in [-0.3, -0.25) is 14.3 Å². The van der Waals surface area contributed by atoms with Crippen LogP contribution in [0.4, 0.5) is 0 Å². The maximum Gasteiger partial charge on any atom is 0.262 e. The molecule has 2 aromatic rings. The molecule has 0 amide bonds. The van der Waals surface area contributed by atoms with Crippen molar-refractivity contribution in [1.29, 1.82) is 0 Å². The van der Waals surface area contributed by atoms with Crippen LogP contribution >= 0.6 is 23.8 Å². The quantitative estimate of drug-likeness (QED) is 0.773. The molecule has 0 bridgehead atoms. The van der Waals surface area contributed by atoms with E-state index in [1.807, 2.05) is 0 Å². The average molecular weight is 397 g/mol. The number of hydrogen-bond acceptors (Lipinski definition) is 6. The van der Waals surface area contributed by atoms with Crippen molar-refractivity contribution >= 4 is 29.9 Å². The molecule has 7 nitrogen and oxygen atoms in total. The summed E-state index contributed by atoms with van der Waals surface area (Å²) in [4.78, 5) is 14.9. The highest BCUT2D eigenvalue weighted by Gasteiger charge is 2.30. The summed E-state index contributed by atoms with van der Waals surface area (Å²) in [5.74, 6) is -0.288. The number of ether oxygens (including phenoxy) is 3. The van der Waals surface area contributed by atoms with Crippen LogP contribution in [0.5, 0.6) is 5.88 Å². The van der Waals surface area contributed by atoms with E-state index < -0.39 is 18.1 Å². The number of halogens is 1. The van der Waals surface area contributed by atoms with Crippen LogP contribution in [-0.4, -0.2) is 41.5 Å². The molecule has 1 fully saturated rings. The summed E-state index contributed by atoms with van der Waals surface area (Å²) in [7, 11) is 3.01. The Kier molecular flexibility index (Phi) is 5.59. The molecule has 1 saturated heterocycles. The van der Waals surface area contributed by atoms with Gasteiger partial charge in [0.2, 0.25) is 5.88 Å². The molecule has 1 aromatic carbocycles. The monoisotopic (exact) mass is 396 g/mol. The first-order valence-electron chi connectivity index (χ1n) is 7.70. The topological polar surface area (TPSA) is 85.7 Å². The predicted molar refractivity (Wildman–Crippen MR) is 99.2 cm³/mol. The molecule has 0 saturated carbocycles. The highest BCUT2D eigenvalue weighted by Crippen LogP contribution is 2.30. The van der Waals surface area contributed by atoms with Gasteiger partial charge in [0.1, 0.15) is 5.56 Å². The Bertz CT molecular complexity index is 951. The van der Waals surface area contributed by atoms with Gasteiger partial charge in [0.05, 0.1) is 5.69 Å². The van der Waals surface area contributed by atoms with E-state index in [9.17, 15) is 9.90 Å². The third kappa shape index (κ3) is 3.60. The van der Waals surface area contributed by atoms with Gasteiger partial charge in [-0.25, -0.2) is 0 Å². The number of benzene rings is 1. The van der Waals surface area contributed by atoms with Gasteiger partial charge in [-0.15, -0.1) is 0 Å². The van der Waals surface area contributed by atoms with E-state index >= 15 is 0 Å². The maximum absolute atomic E-state index is 12.4. The molecule has 9 heteroatoms. The summed E-state index contributed by atoms with van der Waals surface area (Å²) in [6.45, 7) is 0. The molecule has 26 heavy (non-hydrogen) atoms. The zero-order chi connectivity index (χ0) is 18.8. The molecule has 3 rings (SSSR count). The van der Waals surface area contributed by atoms with Crippen molar-refractivity contribution in [1.82, 2.24) is 9.55 Å². The summed E-state index contributed by atoms with van der Waals surface area (Å²) in [5, 5.41) is 11.2. The van der Waals surface area contributed by atoms with Crippen molar-refractivity contribution in [2.45, 2.75) is 19.0 Å². The van der Waals surface area contributed by atoms with Crippen molar-refractivity contribution in [2.24, 2.45) is 0 Å². The van der Waals surface area contributed by atoms with Crippen LogP contribution in [0.15, 0.2) is 34.6 Å². The molecule has 2 N–H and O–H groups in total. The van der Waals surface area contributed by atoms with Crippen LogP contribution in [-0.2, 0) is 14.2 Å². The lowest BCUT2D eigenvalue weighted by atomic mass is 10.1.